The third-order valence-corrected chi connectivity index (χ3v) is 4.02. The Morgan fingerprint density at radius 1 is 1.10 bits per heavy atom. The van der Waals surface area contributed by atoms with E-state index in [1.165, 1.54) is 12.4 Å². The molecule has 31 heavy (non-hydrogen) atoms. The average molecular weight is 437 g/mol. The Morgan fingerprint density at radius 2 is 1.61 bits per heavy atom. The van der Waals surface area contributed by atoms with Crippen LogP contribution in [0.25, 0.3) is 0 Å². The number of aromatic nitrogens is 2. The zero-order valence-electron chi connectivity index (χ0n) is 18.8. The Bertz CT molecular complexity index is 772. The van der Waals surface area contributed by atoms with E-state index in [4.69, 9.17) is 9.47 Å². The smallest absolute Gasteiger partial charge is 0.420 e. The zero-order chi connectivity index (χ0) is 23.4. The van der Waals surface area contributed by atoms with Gasteiger partial charge in [-0.15, -0.1) is 0 Å². The maximum atomic E-state index is 12.6. The SMILES string of the molecule is CC(C)(C)OC(=O)N(Cc1cnc(N2CCNC(C(=O)O)C2)nc1)C(=O)OC(C)(C)C. The van der Waals surface area contributed by atoms with Crippen LogP contribution in [0.2, 0.25) is 0 Å². The van der Waals surface area contributed by atoms with Gasteiger partial charge in [0.05, 0.1) is 6.54 Å². The highest BCUT2D eigenvalue weighted by Gasteiger charge is 2.32. The number of rotatable bonds is 4. The fourth-order valence-electron chi connectivity index (χ4n) is 2.71. The molecule has 1 aromatic heterocycles. The fraction of sp³-hybridized carbons (Fsp3) is 0.650. The summed E-state index contributed by atoms with van der Waals surface area (Å²) in [6, 6.07) is -0.702. The topological polar surface area (TPSA) is 134 Å². The van der Waals surface area contributed by atoms with Gasteiger partial charge in [-0.1, -0.05) is 0 Å². The van der Waals surface area contributed by atoms with Crippen molar-refractivity contribution in [2.45, 2.75) is 65.3 Å². The highest BCUT2D eigenvalue weighted by molar-refractivity contribution is 5.88. The van der Waals surface area contributed by atoms with E-state index >= 15 is 0 Å². The minimum Gasteiger partial charge on any atom is -0.480 e. The summed E-state index contributed by atoms with van der Waals surface area (Å²) in [5.41, 5.74) is -1.09. The van der Waals surface area contributed by atoms with Crippen LogP contribution >= 0.6 is 0 Å². The molecular weight excluding hydrogens is 406 g/mol. The Hall–Kier alpha value is -2.95. The molecule has 11 nitrogen and oxygen atoms in total. The van der Waals surface area contributed by atoms with Gasteiger partial charge < -0.3 is 24.8 Å². The van der Waals surface area contributed by atoms with Crippen molar-refractivity contribution in [2.24, 2.45) is 0 Å². The van der Waals surface area contributed by atoms with Gasteiger partial charge in [-0.25, -0.2) is 24.5 Å². The van der Waals surface area contributed by atoms with Gasteiger partial charge in [0.1, 0.15) is 17.2 Å². The molecule has 2 amide bonds. The third-order valence-electron chi connectivity index (χ3n) is 4.02. The minimum atomic E-state index is -0.938. The van der Waals surface area contributed by atoms with Crippen LogP contribution in [0.15, 0.2) is 12.4 Å². The van der Waals surface area contributed by atoms with E-state index in [2.05, 4.69) is 15.3 Å². The van der Waals surface area contributed by atoms with Gasteiger partial charge in [0.2, 0.25) is 5.95 Å². The van der Waals surface area contributed by atoms with Crippen molar-refractivity contribution < 1.29 is 29.0 Å². The molecule has 0 aliphatic carbocycles. The van der Waals surface area contributed by atoms with Gasteiger partial charge in [0.25, 0.3) is 0 Å². The molecule has 2 rings (SSSR count). The van der Waals surface area contributed by atoms with Gasteiger partial charge in [-0.05, 0) is 41.5 Å². The molecule has 1 aliphatic heterocycles. The normalized spacial score (nSPS) is 17.1. The first-order chi connectivity index (χ1) is 14.2. The molecule has 0 spiro atoms. The molecule has 1 unspecified atom stereocenters. The van der Waals surface area contributed by atoms with Crippen molar-refractivity contribution in [1.29, 1.82) is 0 Å². The number of carboxylic acids is 1. The van der Waals surface area contributed by atoms with Crippen molar-refractivity contribution >= 4 is 24.1 Å². The fourth-order valence-corrected chi connectivity index (χ4v) is 2.71. The number of hydrogen-bond donors (Lipinski definition) is 2. The molecule has 1 atom stereocenters. The Kier molecular flexibility index (Phi) is 7.42. The number of piperazine rings is 1. The second-order valence-electron chi connectivity index (χ2n) is 9.23. The van der Waals surface area contributed by atoms with Crippen LogP contribution < -0.4 is 10.2 Å². The van der Waals surface area contributed by atoms with Crippen LogP contribution in [0.4, 0.5) is 15.5 Å². The Morgan fingerprint density at radius 3 is 2.06 bits per heavy atom. The first-order valence-corrected chi connectivity index (χ1v) is 10.0. The molecule has 1 saturated heterocycles. The summed E-state index contributed by atoms with van der Waals surface area (Å²) in [7, 11) is 0. The lowest BCUT2D eigenvalue weighted by molar-refractivity contribution is -0.139. The van der Waals surface area contributed by atoms with Crippen LogP contribution in [-0.4, -0.2) is 75.0 Å². The molecule has 1 aliphatic rings. The monoisotopic (exact) mass is 437 g/mol. The van der Waals surface area contributed by atoms with E-state index in [-0.39, 0.29) is 13.1 Å². The Labute approximate surface area is 181 Å². The third kappa shape index (κ3) is 7.67. The van der Waals surface area contributed by atoms with E-state index in [0.717, 1.165) is 4.90 Å². The second-order valence-corrected chi connectivity index (χ2v) is 9.23. The van der Waals surface area contributed by atoms with E-state index < -0.39 is 35.4 Å². The van der Waals surface area contributed by atoms with Gasteiger partial charge in [0.15, 0.2) is 0 Å². The predicted molar refractivity (Wildman–Crippen MR) is 112 cm³/mol. The first kappa shape index (κ1) is 24.3. The molecule has 1 fully saturated rings. The van der Waals surface area contributed by atoms with Crippen molar-refractivity contribution in [3.63, 3.8) is 0 Å². The molecule has 2 heterocycles. The molecule has 0 aromatic carbocycles. The number of nitrogens with one attached hydrogen (secondary N) is 1. The molecule has 172 valence electrons. The predicted octanol–water partition coefficient (Wildman–Crippen LogP) is 2.01. The lowest BCUT2D eigenvalue weighted by atomic mass is 10.2. The number of nitrogens with zero attached hydrogens (tertiary/aromatic N) is 4. The van der Waals surface area contributed by atoms with Crippen molar-refractivity contribution in [1.82, 2.24) is 20.2 Å². The molecule has 2 N–H and O–H groups in total. The highest BCUT2D eigenvalue weighted by atomic mass is 16.6. The van der Waals surface area contributed by atoms with Crippen LogP contribution in [0, 0.1) is 0 Å². The standard InChI is InChI=1S/C20H31N5O6/c1-19(2,3)30-17(28)25(18(29)31-20(4,5)6)11-13-9-22-16(23-10-13)24-8-7-21-14(12-24)15(26)27/h9-10,14,21H,7-8,11-12H2,1-6H3,(H,26,27). The molecule has 1 aromatic rings. The number of amides is 2. The summed E-state index contributed by atoms with van der Waals surface area (Å²) in [4.78, 5) is 47.6. The molecule has 0 bridgehead atoms. The average Bonchev–Trinajstić information content (AvgIpc) is 2.63. The molecule has 11 heteroatoms. The highest BCUT2D eigenvalue weighted by Crippen LogP contribution is 2.17. The van der Waals surface area contributed by atoms with Gasteiger partial charge >= 0.3 is 18.2 Å². The number of ether oxygens (including phenoxy) is 2. The number of imide groups is 1. The van der Waals surface area contributed by atoms with Crippen LogP contribution in [0.1, 0.15) is 47.1 Å². The lowest BCUT2D eigenvalue weighted by Gasteiger charge is -2.31. The summed E-state index contributed by atoms with van der Waals surface area (Å²) in [6.45, 7) is 11.4. The molecular formula is C20H31N5O6. The molecule has 0 radical (unpaired) electrons. The molecule has 0 saturated carbocycles. The largest absolute Gasteiger partial charge is 0.480 e. The first-order valence-electron chi connectivity index (χ1n) is 10.0. The number of hydrogen-bond acceptors (Lipinski definition) is 9. The summed E-state index contributed by atoms with van der Waals surface area (Å²) in [6.07, 6.45) is 1.30. The van der Waals surface area contributed by atoms with Gasteiger partial charge in [-0.3, -0.25) is 4.79 Å². The number of aliphatic carboxylic acids is 1. The van der Waals surface area contributed by atoms with E-state index in [0.29, 0.717) is 24.6 Å². The lowest BCUT2D eigenvalue weighted by Crippen LogP contribution is -2.54. The Balaban J connectivity index is 2.15. The van der Waals surface area contributed by atoms with Crippen molar-refractivity contribution in [2.75, 3.05) is 24.5 Å². The minimum absolute atomic E-state index is 0.136. The van der Waals surface area contributed by atoms with E-state index in [1.807, 2.05) is 0 Å². The zero-order valence-corrected chi connectivity index (χ0v) is 18.8. The number of anilines is 1. The second kappa shape index (κ2) is 9.46. The van der Waals surface area contributed by atoms with Gasteiger partial charge in [0, 0.05) is 37.6 Å². The summed E-state index contributed by atoms with van der Waals surface area (Å²) in [5.74, 6) is -0.565. The van der Waals surface area contributed by atoms with Crippen molar-refractivity contribution in [3.05, 3.63) is 18.0 Å². The van der Waals surface area contributed by atoms with E-state index in [1.54, 1.807) is 46.4 Å². The number of carbonyl (C=O) groups excluding carboxylic acids is 2. The maximum Gasteiger partial charge on any atom is 0.420 e. The number of carboxylic acid groups (broad SMARTS) is 1. The van der Waals surface area contributed by atoms with Crippen LogP contribution in [0.3, 0.4) is 0 Å². The maximum absolute atomic E-state index is 12.6. The van der Waals surface area contributed by atoms with Gasteiger partial charge in [-0.2, -0.15) is 0 Å². The van der Waals surface area contributed by atoms with Crippen LogP contribution in [-0.2, 0) is 20.8 Å². The summed E-state index contributed by atoms with van der Waals surface area (Å²) in [5, 5.41) is 12.1. The van der Waals surface area contributed by atoms with E-state index in [9.17, 15) is 19.5 Å². The quantitative estimate of drug-likeness (QED) is 0.720. The number of carbonyl (C=O) groups is 3. The van der Waals surface area contributed by atoms with Crippen LogP contribution in [0.5, 0.6) is 0 Å². The summed E-state index contributed by atoms with van der Waals surface area (Å²) < 4.78 is 10.7. The summed E-state index contributed by atoms with van der Waals surface area (Å²) >= 11 is 0. The van der Waals surface area contributed by atoms with Crippen molar-refractivity contribution in [3.8, 4) is 0 Å².